The van der Waals surface area contributed by atoms with Gasteiger partial charge in [-0.1, -0.05) is 53.6 Å². The molecular weight excluding hydrogens is 386 g/mol. The largest absolute Gasteiger partial charge is 0.352 e. The second-order valence-corrected chi connectivity index (χ2v) is 7.75. The molecule has 3 rings (SSSR count). The van der Waals surface area contributed by atoms with Gasteiger partial charge in [-0.05, 0) is 49.1 Å². The first kappa shape index (κ1) is 21.1. The van der Waals surface area contributed by atoms with E-state index in [0.29, 0.717) is 30.2 Å². The van der Waals surface area contributed by atoms with Crippen LogP contribution in [-0.2, 0) is 22.7 Å². The van der Waals surface area contributed by atoms with Crippen LogP contribution in [0.4, 0.5) is 0 Å². The molecule has 152 valence electrons. The van der Waals surface area contributed by atoms with E-state index in [1.165, 1.54) is 0 Å². The molecule has 6 heteroatoms. The smallest absolute Gasteiger partial charge is 0.264 e. The Labute approximate surface area is 176 Å². The van der Waals surface area contributed by atoms with Gasteiger partial charge in [0.05, 0.1) is 6.42 Å². The van der Waals surface area contributed by atoms with Crippen LogP contribution in [0.15, 0.2) is 59.7 Å². The predicted octanol–water partition coefficient (Wildman–Crippen LogP) is 3.91. The van der Waals surface area contributed by atoms with Crippen molar-refractivity contribution in [3.63, 3.8) is 0 Å². The highest BCUT2D eigenvalue weighted by atomic mass is 35.5. The molecule has 0 bridgehead atoms. The third-order valence-corrected chi connectivity index (χ3v) is 5.41. The molecule has 2 N–H and O–H groups in total. The van der Waals surface area contributed by atoms with Crippen molar-refractivity contribution in [2.45, 2.75) is 39.8 Å². The van der Waals surface area contributed by atoms with E-state index >= 15 is 0 Å². The number of carbonyl (C=O) groups is 2. The Morgan fingerprint density at radius 3 is 2.62 bits per heavy atom. The molecule has 0 aromatic heterocycles. The van der Waals surface area contributed by atoms with E-state index in [-0.39, 0.29) is 18.2 Å². The van der Waals surface area contributed by atoms with E-state index < -0.39 is 0 Å². The molecule has 2 aromatic carbocycles. The van der Waals surface area contributed by atoms with Crippen LogP contribution in [0.25, 0.3) is 0 Å². The van der Waals surface area contributed by atoms with Gasteiger partial charge in [0.2, 0.25) is 5.91 Å². The Kier molecular flexibility index (Phi) is 7.07. The molecule has 0 aliphatic carbocycles. The van der Waals surface area contributed by atoms with Crippen molar-refractivity contribution in [1.29, 1.82) is 0 Å². The average molecular weight is 412 g/mol. The van der Waals surface area contributed by atoms with Gasteiger partial charge in [0.25, 0.3) is 5.91 Å². The van der Waals surface area contributed by atoms with Crippen LogP contribution in [0.1, 0.15) is 36.5 Å². The summed E-state index contributed by atoms with van der Waals surface area (Å²) in [6.07, 6.45) is 0.831. The third-order valence-electron chi connectivity index (χ3n) is 5.17. The van der Waals surface area contributed by atoms with Gasteiger partial charge in [0, 0.05) is 30.2 Å². The minimum absolute atomic E-state index is 0.0772. The first-order valence-corrected chi connectivity index (χ1v) is 10.1. The number of nitrogens with one attached hydrogen (secondary N) is 2. The molecule has 0 fully saturated rings. The van der Waals surface area contributed by atoms with E-state index in [1.54, 1.807) is 5.01 Å². The first-order valence-electron chi connectivity index (χ1n) is 9.73. The van der Waals surface area contributed by atoms with Gasteiger partial charge in [-0.25, -0.2) is 5.43 Å². The summed E-state index contributed by atoms with van der Waals surface area (Å²) in [5.41, 5.74) is 7.86. The molecule has 1 aliphatic rings. The molecule has 0 spiro atoms. The van der Waals surface area contributed by atoms with Gasteiger partial charge in [-0.3, -0.25) is 14.6 Å². The average Bonchev–Trinajstić information content (AvgIpc) is 2.72. The summed E-state index contributed by atoms with van der Waals surface area (Å²) in [5, 5.41) is 5.16. The lowest BCUT2D eigenvalue weighted by atomic mass is 9.98. The summed E-state index contributed by atoms with van der Waals surface area (Å²) in [6.45, 7) is 5.47. The van der Waals surface area contributed by atoms with E-state index in [0.717, 1.165) is 28.7 Å². The highest BCUT2D eigenvalue weighted by molar-refractivity contribution is 6.30. The number of halogens is 1. The van der Waals surface area contributed by atoms with Gasteiger partial charge in [0.15, 0.2) is 0 Å². The number of benzene rings is 2. The third kappa shape index (κ3) is 5.68. The maximum atomic E-state index is 12.9. The Morgan fingerprint density at radius 2 is 1.86 bits per heavy atom. The lowest BCUT2D eigenvalue weighted by molar-refractivity contribution is -0.132. The number of hydrogen-bond donors (Lipinski definition) is 2. The summed E-state index contributed by atoms with van der Waals surface area (Å²) >= 11 is 6.04. The molecule has 0 saturated carbocycles. The first-order chi connectivity index (χ1) is 13.9. The van der Waals surface area contributed by atoms with Crippen molar-refractivity contribution >= 4 is 23.4 Å². The van der Waals surface area contributed by atoms with Crippen LogP contribution in [-0.4, -0.2) is 23.4 Å². The van der Waals surface area contributed by atoms with Gasteiger partial charge in [0.1, 0.15) is 0 Å². The number of nitrogens with zero attached hydrogens (tertiary/aromatic N) is 1. The molecule has 5 nitrogen and oxygen atoms in total. The van der Waals surface area contributed by atoms with E-state index in [2.05, 4.69) is 10.7 Å². The van der Waals surface area contributed by atoms with Crippen molar-refractivity contribution in [2.75, 3.05) is 6.54 Å². The monoisotopic (exact) mass is 411 g/mol. The second-order valence-electron chi connectivity index (χ2n) is 7.31. The maximum absolute atomic E-state index is 12.9. The molecule has 0 unspecified atom stereocenters. The summed E-state index contributed by atoms with van der Waals surface area (Å²) in [6, 6.07) is 15.5. The summed E-state index contributed by atoms with van der Waals surface area (Å²) in [4.78, 5) is 25.4. The molecule has 0 saturated heterocycles. The summed E-state index contributed by atoms with van der Waals surface area (Å²) in [5.74, 6) is -0.296. The van der Waals surface area contributed by atoms with E-state index in [9.17, 15) is 9.59 Å². The van der Waals surface area contributed by atoms with Gasteiger partial charge < -0.3 is 5.32 Å². The van der Waals surface area contributed by atoms with Crippen LogP contribution in [0, 0.1) is 6.92 Å². The molecular formula is C23H26ClN3O2. The quantitative estimate of drug-likeness (QED) is 0.726. The fourth-order valence-corrected chi connectivity index (χ4v) is 3.48. The molecule has 29 heavy (non-hydrogen) atoms. The summed E-state index contributed by atoms with van der Waals surface area (Å²) < 4.78 is 0. The Balaban J connectivity index is 1.57. The SMILES string of the molecule is CC1=C(CC(=O)NCc2cc(Cl)ccc2C)C(=O)N(NCc2ccccc2)CC1. The van der Waals surface area contributed by atoms with Crippen LogP contribution in [0.5, 0.6) is 0 Å². The highest BCUT2D eigenvalue weighted by Crippen LogP contribution is 2.21. The minimum atomic E-state index is -0.169. The number of hydrogen-bond acceptors (Lipinski definition) is 3. The van der Waals surface area contributed by atoms with Crippen molar-refractivity contribution in [3.05, 3.63) is 81.4 Å². The zero-order chi connectivity index (χ0) is 20.8. The van der Waals surface area contributed by atoms with Gasteiger partial charge in [-0.2, -0.15) is 0 Å². The normalized spacial score (nSPS) is 14.3. The molecule has 2 aromatic rings. The Morgan fingerprint density at radius 1 is 1.10 bits per heavy atom. The number of aryl methyl sites for hydroxylation is 1. The lowest BCUT2D eigenvalue weighted by Gasteiger charge is -2.30. The van der Waals surface area contributed by atoms with Crippen LogP contribution < -0.4 is 10.7 Å². The maximum Gasteiger partial charge on any atom is 0.264 e. The lowest BCUT2D eigenvalue weighted by Crippen LogP contribution is -2.46. The molecule has 2 amide bonds. The number of rotatable bonds is 7. The zero-order valence-corrected chi connectivity index (χ0v) is 17.6. The van der Waals surface area contributed by atoms with E-state index in [1.807, 2.05) is 62.4 Å². The minimum Gasteiger partial charge on any atom is -0.352 e. The Bertz CT molecular complexity index is 925. The van der Waals surface area contributed by atoms with Crippen molar-refractivity contribution in [2.24, 2.45) is 0 Å². The zero-order valence-electron chi connectivity index (χ0n) is 16.8. The van der Waals surface area contributed by atoms with Gasteiger partial charge in [-0.15, -0.1) is 0 Å². The van der Waals surface area contributed by atoms with Crippen molar-refractivity contribution < 1.29 is 9.59 Å². The topological polar surface area (TPSA) is 61.4 Å². The highest BCUT2D eigenvalue weighted by Gasteiger charge is 2.26. The molecule has 0 atom stereocenters. The van der Waals surface area contributed by atoms with Crippen molar-refractivity contribution in [1.82, 2.24) is 15.8 Å². The van der Waals surface area contributed by atoms with Crippen LogP contribution in [0.2, 0.25) is 5.02 Å². The molecule has 1 aliphatic heterocycles. The fourth-order valence-electron chi connectivity index (χ4n) is 3.28. The number of carbonyl (C=O) groups excluding carboxylic acids is 2. The van der Waals surface area contributed by atoms with Crippen LogP contribution in [0.3, 0.4) is 0 Å². The Hall–Kier alpha value is -2.63. The molecule has 1 heterocycles. The number of amides is 2. The number of hydrazine groups is 1. The second kappa shape index (κ2) is 9.72. The predicted molar refractivity (Wildman–Crippen MR) is 115 cm³/mol. The standard InChI is InChI=1S/C23H26ClN3O2/c1-16-8-9-20(24)12-19(16)15-25-22(28)13-21-17(2)10-11-27(23(21)29)26-14-18-6-4-3-5-7-18/h3-9,12,26H,10-11,13-15H2,1-2H3,(H,25,28). The molecule has 0 radical (unpaired) electrons. The van der Waals surface area contributed by atoms with E-state index in [4.69, 9.17) is 11.6 Å². The summed E-state index contributed by atoms with van der Waals surface area (Å²) in [7, 11) is 0. The van der Waals surface area contributed by atoms with Gasteiger partial charge >= 0.3 is 0 Å². The van der Waals surface area contributed by atoms with Crippen LogP contribution >= 0.6 is 11.6 Å². The van der Waals surface area contributed by atoms with Crippen molar-refractivity contribution in [3.8, 4) is 0 Å². The fraction of sp³-hybridized carbons (Fsp3) is 0.304.